The van der Waals surface area contributed by atoms with Crippen molar-refractivity contribution < 1.29 is 4.79 Å². The van der Waals surface area contributed by atoms with E-state index < -0.39 is 0 Å². The van der Waals surface area contributed by atoms with Crippen LogP contribution in [0.1, 0.15) is 46.0 Å². The summed E-state index contributed by atoms with van der Waals surface area (Å²) in [5.74, 6) is 0.625. The molecule has 1 atom stereocenters. The normalized spacial score (nSPS) is 18.9. The topological polar surface area (TPSA) is 58.4 Å². The fraction of sp³-hybridized carbons (Fsp3) is 0.929. The third-order valence-corrected chi connectivity index (χ3v) is 3.76. The molecule has 0 heterocycles. The molecule has 18 heavy (non-hydrogen) atoms. The van der Waals surface area contributed by atoms with Gasteiger partial charge in [-0.25, -0.2) is 0 Å². The second kappa shape index (κ2) is 8.48. The Morgan fingerprint density at radius 1 is 1.39 bits per heavy atom. The number of nitrogens with zero attached hydrogens (tertiary/aromatic N) is 1. The highest BCUT2D eigenvalue weighted by atomic mass is 16.2. The quantitative estimate of drug-likeness (QED) is 0.722. The first-order chi connectivity index (χ1) is 8.65. The van der Waals surface area contributed by atoms with Gasteiger partial charge in [-0.1, -0.05) is 33.1 Å². The summed E-state index contributed by atoms with van der Waals surface area (Å²) in [6.45, 7) is 7.23. The fourth-order valence-electron chi connectivity index (χ4n) is 2.54. The third-order valence-electron chi connectivity index (χ3n) is 3.76. The molecule has 1 aliphatic carbocycles. The minimum absolute atomic E-state index is 0.174. The number of nitrogens with one attached hydrogen (secondary N) is 1. The van der Waals surface area contributed by atoms with Crippen LogP contribution in [0.3, 0.4) is 0 Å². The van der Waals surface area contributed by atoms with Crippen molar-refractivity contribution >= 4 is 5.91 Å². The largest absolute Gasteiger partial charge is 0.352 e. The van der Waals surface area contributed by atoms with Crippen LogP contribution >= 0.6 is 0 Å². The summed E-state index contributed by atoms with van der Waals surface area (Å²) in [5.41, 5.74) is 5.63. The monoisotopic (exact) mass is 255 g/mol. The summed E-state index contributed by atoms with van der Waals surface area (Å²) in [7, 11) is 0. The molecule has 4 nitrogen and oxygen atoms in total. The van der Waals surface area contributed by atoms with E-state index in [1.54, 1.807) is 0 Å². The Morgan fingerprint density at radius 3 is 2.61 bits per heavy atom. The number of rotatable bonds is 7. The number of likely N-dealkylation sites (N-methyl/N-ethyl adjacent to an activating group) is 1. The number of hydrogen-bond acceptors (Lipinski definition) is 3. The summed E-state index contributed by atoms with van der Waals surface area (Å²) in [4.78, 5) is 14.1. The molecule has 4 heteroatoms. The minimum atomic E-state index is 0.174. The smallest absolute Gasteiger partial charge is 0.234 e. The van der Waals surface area contributed by atoms with Crippen LogP contribution in [0.5, 0.6) is 0 Å². The molecule has 1 aliphatic rings. The predicted octanol–water partition coefficient (Wildman–Crippen LogP) is 1.35. The molecular weight excluding hydrogens is 226 g/mol. The van der Waals surface area contributed by atoms with Crippen molar-refractivity contribution in [1.29, 1.82) is 0 Å². The molecule has 1 fully saturated rings. The number of amides is 1. The molecular formula is C14H29N3O. The van der Waals surface area contributed by atoms with Crippen LogP contribution in [-0.2, 0) is 4.79 Å². The van der Waals surface area contributed by atoms with E-state index in [-0.39, 0.29) is 5.91 Å². The van der Waals surface area contributed by atoms with Crippen LogP contribution in [0.2, 0.25) is 0 Å². The van der Waals surface area contributed by atoms with E-state index in [2.05, 4.69) is 24.1 Å². The highest BCUT2D eigenvalue weighted by molar-refractivity contribution is 5.78. The second-order valence-electron chi connectivity index (χ2n) is 5.57. The Hall–Kier alpha value is -0.610. The summed E-state index contributed by atoms with van der Waals surface area (Å²) < 4.78 is 0. The van der Waals surface area contributed by atoms with E-state index in [0.29, 0.717) is 25.0 Å². The van der Waals surface area contributed by atoms with Crippen LogP contribution in [0, 0.1) is 5.92 Å². The minimum Gasteiger partial charge on any atom is -0.352 e. The molecule has 0 aromatic rings. The van der Waals surface area contributed by atoms with E-state index >= 15 is 0 Å². The first-order valence-corrected chi connectivity index (χ1v) is 7.37. The van der Waals surface area contributed by atoms with Crippen molar-refractivity contribution in [2.45, 2.75) is 52.0 Å². The average Bonchev–Trinajstić information content (AvgIpc) is 2.38. The van der Waals surface area contributed by atoms with E-state index in [9.17, 15) is 4.79 Å². The van der Waals surface area contributed by atoms with Crippen molar-refractivity contribution in [2.24, 2.45) is 11.7 Å². The molecule has 1 amide bonds. The predicted molar refractivity (Wildman–Crippen MR) is 75.3 cm³/mol. The fourth-order valence-corrected chi connectivity index (χ4v) is 2.54. The zero-order valence-electron chi connectivity index (χ0n) is 12.0. The molecule has 0 aromatic carbocycles. The lowest BCUT2D eigenvalue weighted by atomic mass is 9.95. The SMILES string of the molecule is CCN(CC(=O)NC1CCCCC1)CC(C)CN. The lowest BCUT2D eigenvalue weighted by Crippen LogP contribution is -2.44. The average molecular weight is 255 g/mol. The molecule has 0 saturated heterocycles. The van der Waals surface area contributed by atoms with Gasteiger partial charge in [0.15, 0.2) is 0 Å². The lowest BCUT2D eigenvalue weighted by molar-refractivity contribution is -0.123. The summed E-state index contributed by atoms with van der Waals surface area (Å²) in [6, 6.07) is 0.414. The van der Waals surface area contributed by atoms with Gasteiger partial charge >= 0.3 is 0 Å². The van der Waals surface area contributed by atoms with Crippen molar-refractivity contribution in [3.8, 4) is 0 Å². The summed E-state index contributed by atoms with van der Waals surface area (Å²) in [6.07, 6.45) is 6.13. The maximum absolute atomic E-state index is 12.0. The van der Waals surface area contributed by atoms with Crippen LogP contribution in [-0.4, -0.2) is 43.0 Å². The molecule has 1 unspecified atom stereocenters. The van der Waals surface area contributed by atoms with Gasteiger partial charge < -0.3 is 11.1 Å². The Balaban J connectivity index is 2.27. The van der Waals surface area contributed by atoms with Gasteiger partial charge in [-0.15, -0.1) is 0 Å². The number of hydrogen-bond donors (Lipinski definition) is 2. The second-order valence-corrected chi connectivity index (χ2v) is 5.57. The van der Waals surface area contributed by atoms with Gasteiger partial charge in [-0.05, 0) is 31.8 Å². The van der Waals surface area contributed by atoms with Gasteiger partial charge in [0.25, 0.3) is 0 Å². The van der Waals surface area contributed by atoms with Gasteiger partial charge in [0.05, 0.1) is 6.54 Å². The molecule has 0 aromatic heterocycles. The maximum Gasteiger partial charge on any atom is 0.234 e. The molecule has 1 rings (SSSR count). The van der Waals surface area contributed by atoms with Gasteiger partial charge in [0.2, 0.25) is 5.91 Å². The lowest BCUT2D eigenvalue weighted by Gasteiger charge is -2.26. The van der Waals surface area contributed by atoms with E-state index in [1.807, 2.05) is 0 Å². The van der Waals surface area contributed by atoms with Crippen molar-refractivity contribution in [3.05, 3.63) is 0 Å². The van der Waals surface area contributed by atoms with Crippen molar-refractivity contribution in [2.75, 3.05) is 26.2 Å². The van der Waals surface area contributed by atoms with Crippen LogP contribution in [0.25, 0.3) is 0 Å². The zero-order valence-corrected chi connectivity index (χ0v) is 12.0. The van der Waals surface area contributed by atoms with Crippen molar-refractivity contribution in [3.63, 3.8) is 0 Å². The highest BCUT2D eigenvalue weighted by Gasteiger charge is 2.17. The van der Waals surface area contributed by atoms with Gasteiger partial charge in [-0.3, -0.25) is 9.69 Å². The van der Waals surface area contributed by atoms with Crippen molar-refractivity contribution in [1.82, 2.24) is 10.2 Å². The molecule has 0 spiro atoms. The number of carbonyl (C=O) groups is 1. The standard InChI is InChI=1S/C14H29N3O/c1-3-17(10-12(2)9-15)11-14(18)16-13-7-5-4-6-8-13/h12-13H,3-11,15H2,1-2H3,(H,16,18). The Kier molecular flexibility index (Phi) is 7.28. The van der Waals surface area contributed by atoms with Crippen LogP contribution in [0.15, 0.2) is 0 Å². The Morgan fingerprint density at radius 2 is 2.06 bits per heavy atom. The Bertz CT molecular complexity index is 239. The molecule has 3 N–H and O–H groups in total. The molecule has 0 aliphatic heterocycles. The highest BCUT2D eigenvalue weighted by Crippen LogP contribution is 2.17. The van der Waals surface area contributed by atoms with E-state index in [1.165, 1.54) is 19.3 Å². The maximum atomic E-state index is 12.0. The van der Waals surface area contributed by atoms with E-state index in [4.69, 9.17) is 5.73 Å². The Labute approximate surface area is 111 Å². The van der Waals surface area contributed by atoms with Crippen LogP contribution in [0.4, 0.5) is 0 Å². The van der Waals surface area contributed by atoms with E-state index in [0.717, 1.165) is 25.9 Å². The summed E-state index contributed by atoms with van der Waals surface area (Å²) in [5, 5.41) is 3.16. The first kappa shape index (κ1) is 15.4. The zero-order chi connectivity index (χ0) is 13.4. The van der Waals surface area contributed by atoms with Gasteiger partial charge in [-0.2, -0.15) is 0 Å². The van der Waals surface area contributed by atoms with Gasteiger partial charge in [0, 0.05) is 12.6 Å². The third kappa shape index (κ3) is 5.83. The molecule has 0 radical (unpaired) electrons. The number of nitrogens with two attached hydrogens (primary N) is 1. The molecule has 106 valence electrons. The first-order valence-electron chi connectivity index (χ1n) is 7.37. The number of carbonyl (C=O) groups excluding carboxylic acids is 1. The summed E-state index contributed by atoms with van der Waals surface area (Å²) >= 11 is 0. The van der Waals surface area contributed by atoms with Gasteiger partial charge in [0.1, 0.15) is 0 Å². The van der Waals surface area contributed by atoms with Crippen LogP contribution < -0.4 is 11.1 Å². The molecule has 0 bridgehead atoms. The molecule has 1 saturated carbocycles.